The molecule has 30 heavy (non-hydrogen) atoms. The molecule has 0 radical (unpaired) electrons. The molecule has 0 aromatic heterocycles. The van der Waals surface area contributed by atoms with Crippen LogP contribution in [-0.2, 0) is 9.59 Å². The van der Waals surface area contributed by atoms with Gasteiger partial charge in [-0.25, -0.2) is 0 Å². The first-order valence-corrected chi connectivity index (χ1v) is 12.8. The van der Waals surface area contributed by atoms with Gasteiger partial charge in [-0.1, -0.05) is 53.9 Å². The maximum Gasteiger partial charge on any atom is 0.137 e. The van der Waals surface area contributed by atoms with Crippen molar-refractivity contribution in [2.75, 3.05) is 0 Å². The molecular formula is C27H44O3. The lowest BCUT2D eigenvalue weighted by Crippen LogP contribution is -2.56. The van der Waals surface area contributed by atoms with Gasteiger partial charge in [-0.15, -0.1) is 0 Å². The van der Waals surface area contributed by atoms with E-state index < -0.39 is 0 Å². The van der Waals surface area contributed by atoms with Gasteiger partial charge in [-0.3, -0.25) is 9.59 Å². The van der Waals surface area contributed by atoms with Crippen molar-refractivity contribution in [2.45, 2.75) is 105 Å². The molecule has 1 N–H and O–H groups in total. The van der Waals surface area contributed by atoms with Crippen molar-refractivity contribution in [1.29, 1.82) is 0 Å². The quantitative estimate of drug-likeness (QED) is 0.614. The van der Waals surface area contributed by atoms with Crippen LogP contribution in [0.3, 0.4) is 0 Å². The number of carbonyl (C=O) groups excluding carboxylic acids is 2. The fraction of sp³-hybridized carbons (Fsp3) is 0.926. The number of ketones is 2. The lowest BCUT2D eigenvalue weighted by molar-refractivity contribution is -0.159. The van der Waals surface area contributed by atoms with Crippen molar-refractivity contribution in [3.05, 3.63) is 0 Å². The predicted octanol–water partition coefficient (Wildman–Crippen LogP) is 5.83. The van der Waals surface area contributed by atoms with Crippen molar-refractivity contribution in [2.24, 2.45) is 52.3 Å². The number of carbonyl (C=O) groups is 2. The highest BCUT2D eigenvalue weighted by Gasteiger charge is 2.64. The van der Waals surface area contributed by atoms with Gasteiger partial charge in [0.05, 0.1) is 6.10 Å². The summed E-state index contributed by atoms with van der Waals surface area (Å²) in [5.41, 5.74) is 0.160. The van der Waals surface area contributed by atoms with Crippen LogP contribution in [0.4, 0.5) is 0 Å². The normalized spacial score (nSPS) is 47.0. The van der Waals surface area contributed by atoms with Crippen LogP contribution in [0.5, 0.6) is 0 Å². The second kappa shape index (κ2) is 8.01. The van der Waals surface area contributed by atoms with E-state index in [0.29, 0.717) is 54.6 Å². The van der Waals surface area contributed by atoms with Gasteiger partial charge < -0.3 is 5.11 Å². The minimum absolute atomic E-state index is 0.00115. The van der Waals surface area contributed by atoms with E-state index in [9.17, 15) is 14.7 Å². The van der Waals surface area contributed by atoms with Crippen LogP contribution >= 0.6 is 0 Å². The van der Waals surface area contributed by atoms with E-state index in [1.165, 1.54) is 32.1 Å². The van der Waals surface area contributed by atoms with E-state index in [-0.39, 0.29) is 28.6 Å². The molecule has 0 aromatic rings. The monoisotopic (exact) mass is 416 g/mol. The maximum atomic E-state index is 13.2. The molecular weight excluding hydrogens is 372 g/mol. The summed E-state index contributed by atoms with van der Waals surface area (Å²) >= 11 is 0. The van der Waals surface area contributed by atoms with Crippen molar-refractivity contribution in [3.8, 4) is 0 Å². The van der Waals surface area contributed by atoms with E-state index in [0.717, 1.165) is 18.8 Å². The molecule has 4 aliphatic carbocycles. The SMILES string of the molecule is CC(C)CCCC(C)C1C(O)CC2C3CC(=O)C4CC(=O)CCC4(C)C3CCC21C. The highest BCUT2D eigenvalue weighted by Crippen LogP contribution is 2.67. The van der Waals surface area contributed by atoms with E-state index in [4.69, 9.17) is 0 Å². The van der Waals surface area contributed by atoms with Crippen molar-refractivity contribution in [3.63, 3.8) is 0 Å². The Labute approximate surface area is 183 Å². The van der Waals surface area contributed by atoms with Crippen LogP contribution in [-0.4, -0.2) is 22.8 Å². The fourth-order valence-corrected chi connectivity index (χ4v) is 8.95. The van der Waals surface area contributed by atoms with Crippen LogP contribution < -0.4 is 0 Å². The average Bonchev–Trinajstić information content (AvgIpc) is 2.93. The Kier molecular flexibility index (Phi) is 6.01. The first kappa shape index (κ1) is 22.5. The second-order valence-electron chi connectivity index (χ2n) is 12.5. The smallest absolute Gasteiger partial charge is 0.137 e. The molecule has 4 rings (SSSR count). The zero-order valence-electron chi connectivity index (χ0n) is 20.0. The number of hydrogen-bond donors (Lipinski definition) is 1. The molecule has 0 bridgehead atoms. The number of aliphatic hydroxyl groups is 1. The molecule has 9 atom stereocenters. The molecule has 0 spiro atoms. The van der Waals surface area contributed by atoms with E-state index in [1.807, 2.05) is 0 Å². The topological polar surface area (TPSA) is 54.4 Å². The summed E-state index contributed by atoms with van der Waals surface area (Å²) in [4.78, 5) is 25.3. The third-order valence-corrected chi connectivity index (χ3v) is 10.4. The third-order valence-electron chi connectivity index (χ3n) is 10.4. The summed E-state index contributed by atoms with van der Waals surface area (Å²) in [6, 6.07) is 0. The Bertz CT molecular complexity index is 684. The van der Waals surface area contributed by atoms with Crippen LogP contribution in [0.15, 0.2) is 0 Å². The molecule has 9 unspecified atom stereocenters. The minimum atomic E-state index is -0.221. The van der Waals surface area contributed by atoms with Crippen molar-refractivity contribution in [1.82, 2.24) is 0 Å². The molecule has 0 heterocycles. The van der Waals surface area contributed by atoms with E-state index in [2.05, 4.69) is 34.6 Å². The number of hydrogen-bond acceptors (Lipinski definition) is 3. The Morgan fingerprint density at radius 3 is 2.43 bits per heavy atom. The van der Waals surface area contributed by atoms with Gasteiger partial charge in [0.25, 0.3) is 0 Å². The Balaban J connectivity index is 1.55. The molecule has 4 fully saturated rings. The van der Waals surface area contributed by atoms with E-state index >= 15 is 0 Å². The first-order chi connectivity index (χ1) is 14.1. The second-order valence-corrected chi connectivity index (χ2v) is 12.5. The molecule has 0 aliphatic heterocycles. The summed E-state index contributed by atoms with van der Waals surface area (Å²) in [6.07, 6.45) is 9.42. The summed E-state index contributed by atoms with van der Waals surface area (Å²) in [5.74, 6) is 3.67. The zero-order chi connectivity index (χ0) is 21.8. The number of aliphatic hydroxyl groups excluding tert-OH is 1. The van der Waals surface area contributed by atoms with Crippen LogP contribution in [0, 0.1) is 52.3 Å². The molecule has 4 aliphatic rings. The summed E-state index contributed by atoms with van der Waals surface area (Å²) in [6.45, 7) is 11.7. The molecule has 0 amide bonds. The zero-order valence-corrected chi connectivity index (χ0v) is 20.0. The average molecular weight is 417 g/mol. The highest BCUT2D eigenvalue weighted by molar-refractivity contribution is 5.90. The van der Waals surface area contributed by atoms with Crippen molar-refractivity contribution >= 4 is 11.6 Å². The van der Waals surface area contributed by atoms with Gasteiger partial charge in [0, 0.05) is 25.2 Å². The molecule has 0 saturated heterocycles. The summed E-state index contributed by atoms with van der Waals surface area (Å²) < 4.78 is 0. The van der Waals surface area contributed by atoms with Crippen molar-refractivity contribution < 1.29 is 14.7 Å². The number of Topliss-reactive ketones (excluding diaryl/α,β-unsaturated/α-hetero) is 2. The van der Waals surface area contributed by atoms with Crippen LogP contribution in [0.1, 0.15) is 98.8 Å². The summed E-state index contributed by atoms with van der Waals surface area (Å²) in [5, 5.41) is 11.2. The van der Waals surface area contributed by atoms with Gasteiger partial charge in [-0.05, 0) is 72.0 Å². The van der Waals surface area contributed by atoms with Crippen LogP contribution in [0.2, 0.25) is 0 Å². The third kappa shape index (κ3) is 3.51. The van der Waals surface area contributed by atoms with E-state index in [1.54, 1.807) is 0 Å². The fourth-order valence-electron chi connectivity index (χ4n) is 8.95. The molecule has 4 saturated carbocycles. The Hall–Kier alpha value is -0.700. The standard InChI is InChI=1S/C27H44O3/c1-16(2)7-6-8-17(3)25-24(30)15-21-19-14-23(29)22-13-18(28)9-11-26(22,4)20(19)10-12-27(21,25)5/h16-17,19-22,24-25,30H,6-15H2,1-5H3. The van der Waals surface area contributed by atoms with Gasteiger partial charge in [0.2, 0.25) is 0 Å². The lowest BCUT2D eigenvalue weighted by atomic mass is 9.44. The molecule has 3 nitrogen and oxygen atoms in total. The van der Waals surface area contributed by atoms with Crippen LogP contribution in [0.25, 0.3) is 0 Å². The first-order valence-electron chi connectivity index (χ1n) is 12.8. The number of fused-ring (bicyclic) bond motifs is 5. The van der Waals surface area contributed by atoms with Gasteiger partial charge >= 0.3 is 0 Å². The molecule has 170 valence electrons. The summed E-state index contributed by atoms with van der Waals surface area (Å²) in [7, 11) is 0. The van der Waals surface area contributed by atoms with Gasteiger partial charge in [-0.2, -0.15) is 0 Å². The highest BCUT2D eigenvalue weighted by atomic mass is 16.3. The number of rotatable bonds is 5. The van der Waals surface area contributed by atoms with Gasteiger partial charge in [0.15, 0.2) is 0 Å². The Morgan fingerprint density at radius 2 is 1.73 bits per heavy atom. The largest absolute Gasteiger partial charge is 0.393 e. The lowest BCUT2D eigenvalue weighted by Gasteiger charge is -2.59. The molecule has 3 heteroatoms. The molecule has 0 aromatic carbocycles. The predicted molar refractivity (Wildman–Crippen MR) is 120 cm³/mol. The minimum Gasteiger partial charge on any atom is -0.393 e. The Morgan fingerprint density at radius 1 is 1.00 bits per heavy atom. The van der Waals surface area contributed by atoms with Gasteiger partial charge in [0.1, 0.15) is 11.6 Å². The maximum absolute atomic E-state index is 13.2.